The van der Waals surface area contributed by atoms with Crippen LogP contribution in [0.25, 0.3) is 10.9 Å². The molecule has 3 aromatic heterocycles. The Hall–Kier alpha value is -3.60. The number of halogens is 1. The van der Waals surface area contributed by atoms with Gasteiger partial charge in [0.05, 0.1) is 22.8 Å². The number of aryl methyl sites for hydroxylation is 1. The number of pyridine rings is 3. The number of anilines is 1. The molecule has 4 aromatic rings. The van der Waals surface area contributed by atoms with Gasteiger partial charge in [0.1, 0.15) is 11.0 Å². The summed E-state index contributed by atoms with van der Waals surface area (Å²) in [5, 5.41) is 7.34. The number of carbonyl (C=O) groups is 1. The number of nitrogens with zero attached hydrogens (tertiary/aromatic N) is 3. The molecule has 9 nitrogen and oxygen atoms in total. The number of nitrogens with one attached hydrogen (secondary N) is 3. The Kier molecular flexibility index (Phi) is 9.22. The third kappa shape index (κ3) is 7.80. The van der Waals surface area contributed by atoms with Gasteiger partial charge in [-0.05, 0) is 99.4 Å². The van der Waals surface area contributed by atoms with Crippen LogP contribution < -0.4 is 15.4 Å². The number of rotatable bonds is 9. The highest BCUT2D eigenvalue weighted by molar-refractivity contribution is 7.90. The monoisotopic (exact) mass is 648 g/mol. The molecule has 1 amide bonds. The fourth-order valence-corrected chi connectivity index (χ4v) is 6.99. The average molecular weight is 649 g/mol. The lowest BCUT2D eigenvalue weighted by atomic mass is 9.86. The molecule has 1 fully saturated rings. The van der Waals surface area contributed by atoms with E-state index >= 15 is 0 Å². The van der Waals surface area contributed by atoms with Gasteiger partial charge in [-0.15, -0.1) is 0 Å². The van der Waals surface area contributed by atoms with E-state index in [1.807, 2.05) is 31.3 Å². The highest BCUT2D eigenvalue weighted by Gasteiger charge is 2.31. The van der Waals surface area contributed by atoms with Gasteiger partial charge in [0.2, 0.25) is 0 Å². The molecule has 1 aliphatic heterocycles. The van der Waals surface area contributed by atoms with Crippen molar-refractivity contribution in [3.8, 4) is 0 Å². The van der Waals surface area contributed by atoms with Crippen molar-refractivity contribution < 1.29 is 13.2 Å². The second-order valence-electron chi connectivity index (χ2n) is 13.6. The van der Waals surface area contributed by atoms with Crippen LogP contribution in [0.1, 0.15) is 87.1 Å². The minimum Gasteiger partial charge on any atom is -0.362 e. The van der Waals surface area contributed by atoms with Crippen LogP contribution in [0.3, 0.4) is 0 Å². The summed E-state index contributed by atoms with van der Waals surface area (Å²) >= 11 is 6.31. The molecular weight excluding hydrogens is 608 g/mol. The minimum absolute atomic E-state index is 0.0398. The zero-order valence-electron chi connectivity index (χ0n) is 26.6. The Bertz CT molecular complexity index is 1840. The van der Waals surface area contributed by atoms with Gasteiger partial charge >= 0.3 is 0 Å². The lowest BCUT2D eigenvalue weighted by Gasteiger charge is -2.24. The van der Waals surface area contributed by atoms with Crippen LogP contribution in [0, 0.1) is 12.8 Å². The van der Waals surface area contributed by atoms with E-state index in [0.717, 1.165) is 42.6 Å². The van der Waals surface area contributed by atoms with Gasteiger partial charge < -0.3 is 10.6 Å². The molecule has 1 unspecified atom stereocenters. The average Bonchev–Trinajstić information content (AvgIpc) is 3.33. The van der Waals surface area contributed by atoms with Crippen molar-refractivity contribution >= 4 is 44.3 Å². The van der Waals surface area contributed by atoms with Gasteiger partial charge in [-0.25, -0.2) is 14.7 Å². The van der Waals surface area contributed by atoms with Crippen molar-refractivity contribution in [2.75, 3.05) is 11.9 Å². The first-order valence-electron chi connectivity index (χ1n) is 15.2. The fraction of sp³-hybridized carbons (Fsp3) is 0.412. The molecule has 0 radical (unpaired) electrons. The van der Waals surface area contributed by atoms with E-state index in [-0.39, 0.29) is 32.7 Å². The van der Waals surface area contributed by atoms with Crippen molar-refractivity contribution in [2.24, 2.45) is 5.92 Å². The van der Waals surface area contributed by atoms with E-state index in [0.29, 0.717) is 22.6 Å². The van der Waals surface area contributed by atoms with Crippen LogP contribution in [0.4, 0.5) is 5.82 Å². The molecule has 0 bridgehead atoms. The minimum atomic E-state index is -4.33. The van der Waals surface area contributed by atoms with Crippen molar-refractivity contribution in [1.29, 1.82) is 0 Å². The molecule has 1 aliphatic rings. The quantitative estimate of drug-likeness (QED) is 0.171. The third-order valence-corrected chi connectivity index (χ3v) is 9.85. The summed E-state index contributed by atoms with van der Waals surface area (Å²) in [6, 6.07) is 15.6. The lowest BCUT2D eigenvalue weighted by Crippen LogP contribution is -2.31. The Labute approximate surface area is 270 Å². The zero-order chi connectivity index (χ0) is 32.6. The van der Waals surface area contributed by atoms with Crippen LogP contribution in [0.2, 0.25) is 5.15 Å². The number of fused-ring (bicyclic) bond motifs is 1. The first-order chi connectivity index (χ1) is 21.1. The number of benzene rings is 1. The first kappa shape index (κ1) is 32.8. The number of amides is 1. The molecule has 45 heavy (non-hydrogen) atoms. The van der Waals surface area contributed by atoms with E-state index < -0.39 is 15.9 Å². The number of para-hydroxylation sites is 1. The second-order valence-corrected chi connectivity index (χ2v) is 15.6. The van der Waals surface area contributed by atoms with E-state index in [9.17, 15) is 13.2 Å². The van der Waals surface area contributed by atoms with Gasteiger partial charge in [-0.3, -0.25) is 9.78 Å². The summed E-state index contributed by atoms with van der Waals surface area (Å²) in [5.74, 6) is -0.000373. The molecular formula is C34H41ClN6O3S. The van der Waals surface area contributed by atoms with Crippen molar-refractivity contribution in [3.05, 3.63) is 88.3 Å². The van der Waals surface area contributed by atoms with Crippen molar-refractivity contribution in [2.45, 2.75) is 82.8 Å². The molecule has 0 saturated carbocycles. The molecule has 5 rings (SSSR count). The predicted octanol–water partition coefficient (Wildman–Crippen LogP) is 6.72. The Morgan fingerprint density at radius 2 is 1.87 bits per heavy atom. The number of sulfonamides is 1. The summed E-state index contributed by atoms with van der Waals surface area (Å²) in [7, 11) is -4.33. The molecule has 238 valence electrons. The van der Waals surface area contributed by atoms with Gasteiger partial charge in [0.15, 0.2) is 5.03 Å². The van der Waals surface area contributed by atoms with Crippen molar-refractivity contribution in [1.82, 2.24) is 25.0 Å². The maximum atomic E-state index is 13.4. The molecule has 1 aromatic carbocycles. The van der Waals surface area contributed by atoms with E-state index in [2.05, 4.69) is 66.0 Å². The van der Waals surface area contributed by atoms with Crippen molar-refractivity contribution in [3.63, 3.8) is 0 Å². The van der Waals surface area contributed by atoms with Gasteiger partial charge in [-0.2, -0.15) is 8.42 Å². The Morgan fingerprint density at radius 1 is 1.11 bits per heavy atom. The summed E-state index contributed by atoms with van der Waals surface area (Å²) in [4.78, 5) is 26.6. The summed E-state index contributed by atoms with van der Waals surface area (Å²) < 4.78 is 28.8. The Balaban J connectivity index is 1.38. The van der Waals surface area contributed by atoms with Gasteiger partial charge in [0, 0.05) is 17.1 Å². The first-order valence-corrected chi connectivity index (χ1v) is 17.1. The summed E-state index contributed by atoms with van der Waals surface area (Å²) in [6.45, 7) is 13.8. The lowest BCUT2D eigenvalue weighted by molar-refractivity contribution is 0.0981. The summed E-state index contributed by atoms with van der Waals surface area (Å²) in [5.41, 5.74) is 3.57. The van der Waals surface area contributed by atoms with Gasteiger partial charge in [-0.1, -0.05) is 56.6 Å². The van der Waals surface area contributed by atoms with Crippen LogP contribution in [0.15, 0.2) is 65.8 Å². The van der Waals surface area contributed by atoms with E-state index in [1.165, 1.54) is 12.1 Å². The molecule has 1 saturated heterocycles. The molecule has 0 spiro atoms. The second kappa shape index (κ2) is 12.7. The van der Waals surface area contributed by atoms with E-state index in [1.54, 1.807) is 18.2 Å². The molecule has 4 heterocycles. The normalized spacial score (nSPS) is 17.3. The number of carbonyl (C=O) groups excluding carboxylic acids is 1. The molecule has 11 heteroatoms. The fourth-order valence-electron chi connectivity index (χ4n) is 5.83. The van der Waals surface area contributed by atoms with Gasteiger partial charge in [0.25, 0.3) is 15.9 Å². The smallest absolute Gasteiger partial charge is 0.281 e. The molecule has 2 atom stereocenters. The van der Waals surface area contributed by atoms with E-state index in [4.69, 9.17) is 16.6 Å². The highest BCUT2D eigenvalue weighted by Crippen LogP contribution is 2.32. The van der Waals surface area contributed by atoms with Crippen LogP contribution in [-0.2, 0) is 15.4 Å². The summed E-state index contributed by atoms with van der Waals surface area (Å²) in [6.07, 6.45) is 4.65. The van der Waals surface area contributed by atoms with Crippen LogP contribution >= 0.6 is 11.6 Å². The largest absolute Gasteiger partial charge is 0.362 e. The third-order valence-electron chi connectivity index (χ3n) is 8.33. The number of hydrogen-bond donors (Lipinski definition) is 3. The SMILES string of the molecule is Cc1cccc2cc(C(=O)NS(=O)(=O)c3cccc(NC(CC[C@@H]4CNC(C)(C)C4)c4cc(C(C)(C)C)ccn4)n3)c(Cl)nc12. The topological polar surface area (TPSA) is 126 Å². The number of aromatic nitrogens is 3. The standard InChI is InChI=1S/C34H41ClN6O3S/c1-21-9-7-10-23-17-25(31(35)40-30(21)23)32(42)41-45(43,44)29-12-8-11-28(39-29)38-26(14-13-22-19-34(5,6)37-20-22)27-18-24(15-16-36-27)33(2,3)4/h7-12,15-18,22,26,37H,13-14,19-20H2,1-6H3,(H,38,39)(H,41,42)/t22-,26?/m0/s1. The Morgan fingerprint density at radius 3 is 2.58 bits per heavy atom. The molecule has 3 N–H and O–H groups in total. The zero-order valence-corrected chi connectivity index (χ0v) is 28.2. The van der Waals surface area contributed by atoms with Crippen LogP contribution in [0.5, 0.6) is 0 Å². The molecule has 0 aliphatic carbocycles. The van der Waals surface area contributed by atoms with Crippen LogP contribution in [-0.4, -0.2) is 41.4 Å². The highest BCUT2D eigenvalue weighted by atomic mass is 35.5. The maximum Gasteiger partial charge on any atom is 0.281 e. The predicted molar refractivity (Wildman–Crippen MR) is 179 cm³/mol. The maximum absolute atomic E-state index is 13.4. The number of hydrogen-bond acceptors (Lipinski definition) is 8.